The van der Waals surface area contributed by atoms with Gasteiger partial charge in [-0.05, 0) is 49.7 Å². The van der Waals surface area contributed by atoms with Crippen LogP contribution < -0.4 is 20.3 Å². The van der Waals surface area contributed by atoms with Gasteiger partial charge in [-0.2, -0.15) is 0 Å². The molecule has 4 aromatic rings. The Balaban J connectivity index is 1.85. The molecule has 1 aromatic heterocycles. The molecule has 0 saturated heterocycles. The van der Waals surface area contributed by atoms with Crippen molar-refractivity contribution in [1.82, 2.24) is 14.5 Å². The highest BCUT2D eigenvalue weighted by atomic mass is 16.5. The van der Waals surface area contributed by atoms with Gasteiger partial charge in [0, 0.05) is 6.54 Å². The predicted molar refractivity (Wildman–Crippen MR) is 151 cm³/mol. The molecule has 2 amide bonds. The van der Waals surface area contributed by atoms with Crippen LogP contribution in [0, 0.1) is 0 Å². The lowest BCUT2D eigenvalue weighted by atomic mass is 10.1. The van der Waals surface area contributed by atoms with E-state index in [-0.39, 0.29) is 11.6 Å². The largest absolute Gasteiger partial charge is 0.495 e. The number of ether oxygens (including phenoxy) is 2. The first-order chi connectivity index (χ1) is 18.5. The van der Waals surface area contributed by atoms with E-state index in [4.69, 9.17) is 14.5 Å². The molecule has 0 spiro atoms. The van der Waals surface area contributed by atoms with Gasteiger partial charge in [0.1, 0.15) is 17.3 Å². The number of rotatable bonds is 10. The number of unbranched alkanes of at least 4 members (excludes halogenated alkanes) is 2. The number of hydrogen-bond acceptors (Lipinski definition) is 5. The molecule has 0 aliphatic rings. The molecule has 38 heavy (non-hydrogen) atoms. The fraction of sp³-hybridized carbons (Fsp3) is 0.300. The molecule has 0 aliphatic carbocycles. The average Bonchev–Trinajstić information content (AvgIpc) is 2.95. The number of anilines is 1. The quantitative estimate of drug-likeness (QED) is 0.255. The summed E-state index contributed by atoms with van der Waals surface area (Å²) in [5, 5.41) is 3.49. The predicted octanol–water partition coefficient (Wildman–Crippen LogP) is 6.19. The maximum Gasteiger partial charge on any atom is 0.322 e. The smallest absolute Gasteiger partial charge is 0.322 e. The van der Waals surface area contributed by atoms with Gasteiger partial charge < -0.3 is 19.7 Å². The maximum atomic E-state index is 13.9. The zero-order valence-corrected chi connectivity index (χ0v) is 22.3. The molecule has 1 heterocycles. The highest BCUT2D eigenvalue weighted by Crippen LogP contribution is 2.29. The number of hydrogen-bond donors (Lipinski definition) is 1. The lowest BCUT2D eigenvalue weighted by Crippen LogP contribution is -2.40. The highest BCUT2D eigenvalue weighted by molar-refractivity contribution is 5.91. The minimum Gasteiger partial charge on any atom is -0.495 e. The summed E-state index contributed by atoms with van der Waals surface area (Å²) in [5.74, 6) is 1.55. The number of aromatic nitrogens is 2. The topological polar surface area (TPSA) is 85.7 Å². The van der Waals surface area contributed by atoms with E-state index in [9.17, 15) is 9.59 Å². The van der Waals surface area contributed by atoms with Gasteiger partial charge in [-0.15, -0.1) is 0 Å². The van der Waals surface area contributed by atoms with Gasteiger partial charge in [-0.1, -0.05) is 56.2 Å². The normalized spacial score (nSPS) is 11.7. The second kappa shape index (κ2) is 12.3. The SMILES string of the molecule is CCCCCN(C(=O)Nc1ccccc1OC)C(C)c1nc2ccccc2c(=O)n1-c1ccccc1OC. The first kappa shape index (κ1) is 26.7. The fourth-order valence-corrected chi connectivity index (χ4v) is 4.55. The summed E-state index contributed by atoms with van der Waals surface area (Å²) in [6.07, 6.45) is 2.79. The zero-order valence-electron chi connectivity index (χ0n) is 22.3. The molecule has 0 bridgehead atoms. The Morgan fingerprint density at radius 1 is 0.947 bits per heavy atom. The second-order valence-electron chi connectivity index (χ2n) is 9.01. The van der Waals surface area contributed by atoms with Gasteiger partial charge in [-0.25, -0.2) is 9.78 Å². The molecular formula is C30H34N4O4. The van der Waals surface area contributed by atoms with E-state index in [1.807, 2.05) is 55.5 Å². The third-order valence-electron chi connectivity index (χ3n) is 6.58. The summed E-state index contributed by atoms with van der Waals surface area (Å²) < 4.78 is 12.6. The molecule has 0 saturated carbocycles. The highest BCUT2D eigenvalue weighted by Gasteiger charge is 2.28. The minimum absolute atomic E-state index is 0.222. The Morgan fingerprint density at radius 2 is 1.61 bits per heavy atom. The summed E-state index contributed by atoms with van der Waals surface area (Å²) in [4.78, 5) is 34.3. The molecule has 1 unspecified atom stereocenters. The third kappa shape index (κ3) is 5.49. The van der Waals surface area contributed by atoms with E-state index in [2.05, 4.69) is 12.2 Å². The Bertz CT molecular complexity index is 1470. The number of para-hydroxylation sites is 5. The van der Waals surface area contributed by atoms with Crippen molar-refractivity contribution >= 4 is 22.6 Å². The first-order valence-corrected chi connectivity index (χ1v) is 12.9. The summed E-state index contributed by atoms with van der Waals surface area (Å²) in [6, 6.07) is 21.0. The van der Waals surface area contributed by atoms with Crippen LogP contribution >= 0.6 is 0 Å². The summed E-state index contributed by atoms with van der Waals surface area (Å²) in [6.45, 7) is 4.51. The number of nitrogens with one attached hydrogen (secondary N) is 1. The summed E-state index contributed by atoms with van der Waals surface area (Å²) >= 11 is 0. The van der Waals surface area contributed by atoms with Gasteiger partial charge in [0.2, 0.25) is 0 Å². The van der Waals surface area contributed by atoms with Gasteiger partial charge in [0.15, 0.2) is 0 Å². The zero-order chi connectivity index (χ0) is 27.1. The molecule has 8 nitrogen and oxygen atoms in total. The molecule has 0 fully saturated rings. The monoisotopic (exact) mass is 514 g/mol. The minimum atomic E-state index is -0.538. The maximum absolute atomic E-state index is 13.9. The number of fused-ring (bicyclic) bond motifs is 1. The molecule has 8 heteroatoms. The van der Waals surface area contributed by atoms with E-state index in [1.165, 1.54) is 0 Å². The summed E-state index contributed by atoms with van der Waals surface area (Å²) in [5.41, 5.74) is 1.49. The molecule has 198 valence electrons. The van der Waals surface area contributed by atoms with E-state index >= 15 is 0 Å². The molecule has 1 N–H and O–H groups in total. The second-order valence-corrected chi connectivity index (χ2v) is 9.01. The average molecular weight is 515 g/mol. The first-order valence-electron chi connectivity index (χ1n) is 12.9. The van der Waals surface area contributed by atoms with Crippen LogP contribution in [0.3, 0.4) is 0 Å². The number of nitrogens with zero attached hydrogens (tertiary/aromatic N) is 3. The Kier molecular flexibility index (Phi) is 8.63. The van der Waals surface area contributed by atoms with Crippen LogP contribution in [0.4, 0.5) is 10.5 Å². The molecule has 0 aliphatic heterocycles. The van der Waals surface area contributed by atoms with Crippen molar-refractivity contribution in [2.75, 3.05) is 26.1 Å². The van der Waals surface area contributed by atoms with Crippen molar-refractivity contribution in [3.63, 3.8) is 0 Å². The Morgan fingerprint density at radius 3 is 2.34 bits per heavy atom. The third-order valence-corrected chi connectivity index (χ3v) is 6.58. The number of carbonyl (C=O) groups is 1. The number of benzene rings is 3. The van der Waals surface area contributed by atoms with Crippen LogP contribution in [-0.2, 0) is 0 Å². The molecule has 3 aromatic carbocycles. The van der Waals surface area contributed by atoms with Crippen molar-refractivity contribution < 1.29 is 14.3 Å². The van der Waals surface area contributed by atoms with Crippen molar-refractivity contribution in [1.29, 1.82) is 0 Å². The van der Waals surface area contributed by atoms with Crippen LogP contribution in [0.15, 0.2) is 77.6 Å². The Hall–Kier alpha value is -4.33. The standard InChI is InChI=1S/C30H34N4O4/c1-5-6-13-20-33(30(36)32-24-16-9-11-18-26(24)37-3)21(2)28-31-23-15-8-7-14-22(23)29(35)34(28)25-17-10-12-19-27(25)38-4/h7-12,14-19,21H,5-6,13,20H2,1-4H3,(H,32,36). The van der Waals surface area contributed by atoms with E-state index in [0.717, 1.165) is 19.3 Å². The van der Waals surface area contributed by atoms with Crippen molar-refractivity contribution in [2.45, 2.75) is 39.2 Å². The van der Waals surface area contributed by atoms with Gasteiger partial charge >= 0.3 is 6.03 Å². The Labute approximate surface area is 222 Å². The van der Waals surface area contributed by atoms with Gasteiger partial charge in [0.05, 0.1) is 42.5 Å². The van der Waals surface area contributed by atoms with E-state index < -0.39 is 6.04 Å². The molecular weight excluding hydrogens is 480 g/mol. The van der Waals surface area contributed by atoms with E-state index in [0.29, 0.717) is 46.1 Å². The van der Waals surface area contributed by atoms with Crippen LogP contribution in [0.5, 0.6) is 11.5 Å². The lowest BCUT2D eigenvalue weighted by molar-refractivity contribution is 0.187. The van der Waals surface area contributed by atoms with Gasteiger partial charge in [0.25, 0.3) is 5.56 Å². The van der Waals surface area contributed by atoms with Crippen molar-refractivity contribution in [3.8, 4) is 17.2 Å². The number of methoxy groups -OCH3 is 2. The van der Waals surface area contributed by atoms with Crippen LogP contribution in [0.25, 0.3) is 16.6 Å². The molecule has 4 rings (SSSR count). The van der Waals surface area contributed by atoms with Gasteiger partial charge in [-0.3, -0.25) is 9.36 Å². The summed E-state index contributed by atoms with van der Waals surface area (Å²) in [7, 11) is 3.14. The van der Waals surface area contributed by atoms with Crippen molar-refractivity contribution in [2.24, 2.45) is 0 Å². The van der Waals surface area contributed by atoms with Crippen LogP contribution in [0.2, 0.25) is 0 Å². The van der Waals surface area contributed by atoms with Crippen molar-refractivity contribution in [3.05, 3.63) is 89.0 Å². The molecule has 1 atom stereocenters. The number of urea groups is 1. The molecule has 0 radical (unpaired) electrons. The van der Waals surface area contributed by atoms with Crippen LogP contribution in [-0.4, -0.2) is 41.2 Å². The lowest BCUT2D eigenvalue weighted by Gasteiger charge is -2.31. The number of carbonyl (C=O) groups excluding carboxylic acids is 1. The fourth-order valence-electron chi connectivity index (χ4n) is 4.55. The van der Waals surface area contributed by atoms with E-state index in [1.54, 1.807) is 48.0 Å². The number of amides is 2. The van der Waals surface area contributed by atoms with Crippen LogP contribution in [0.1, 0.15) is 45.0 Å².